The largest absolute Gasteiger partial charge is 0.392 e. The van der Waals surface area contributed by atoms with Crippen molar-refractivity contribution in [1.29, 1.82) is 0 Å². The van der Waals surface area contributed by atoms with Crippen molar-refractivity contribution in [3.05, 3.63) is 24.3 Å². The van der Waals surface area contributed by atoms with Gasteiger partial charge in [0.15, 0.2) is 11.6 Å². The Morgan fingerprint density at radius 1 is 0.714 bits per heavy atom. The summed E-state index contributed by atoms with van der Waals surface area (Å²) in [5.74, 6) is -3.07. The van der Waals surface area contributed by atoms with Gasteiger partial charge in [-0.05, 0) is 52.7 Å². The molecule has 0 rings (SSSR count). The molecule has 5 nitrogen and oxygen atoms in total. The topological polar surface area (TPSA) is 77.5 Å². The van der Waals surface area contributed by atoms with Crippen LogP contribution in [0.5, 0.6) is 0 Å². The molecule has 0 N–H and O–H groups in total. The first-order valence-corrected chi connectivity index (χ1v) is 6.43. The van der Waals surface area contributed by atoms with Gasteiger partial charge >= 0.3 is 11.9 Å². The molecule has 0 aliphatic heterocycles. The van der Waals surface area contributed by atoms with Crippen molar-refractivity contribution in [3.8, 4) is 0 Å². The van der Waals surface area contributed by atoms with Crippen LogP contribution in [0.15, 0.2) is 24.3 Å². The summed E-state index contributed by atoms with van der Waals surface area (Å²) in [6.07, 6.45) is 0. The Balaban J connectivity index is 5.23. The molecule has 0 aliphatic carbocycles. The number of allylic oxidation sites excluding steroid dienone is 2. The quantitative estimate of drug-likeness (QED) is 0.427. The molecule has 0 spiro atoms. The molecule has 0 bridgehead atoms. The SMILES string of the molecule is C=C(C)C(=O)C(C)(C)C(=O)OC(=O)C(C)(C)C(=O)C(=C)C. The van der Waals surface area contributed by atoms with Gasteiger partial charge in [-0.25, -0.2) is 0 Å². The summed E-state index contributed by atoms with van der Waals surface area (Å²) < 4.78 is 4.72. The lowest BCUT2D eigenvalue weighted by atomic mass is 9.83. The fourth-order valence-electron chi connectivity index (χ4n) is 1.59. The van der Waals surface area contributed by atoms with E-state index in [9.17, 15) is 19.2 Å². The van der Waals surface area contributed by atoms with Crippen LogP contribution in [0.2, 0.25) is 0 Å². The van der Waals surface area contributed by atoms with Gasteiger partial charge in [0.25, 0.3) is 0 Å². The van der Waals surface area contributed by atoms with E-state index in [0.717, 1.165) is 0 Å². The van der Waals surface area contributed by atoms with Crippen molar-refractivity contribution in [2.24, 2.45) is 10.8 Å². The Morgan fingerprint density at radius 3 is 1.14 bits per heavy atom. The van der Waals surface area contributed by atoms with Gasteiger partial charge in [-0.2, -0.15) is 0 Å². The lowest BCUT2D eigenvalue weighted by Gasteiger charge is -2.24. The maximum atomic E-state index is 12.0. The zero-order valence-electron chi connectivity index (χ0n) is 13.5. The molecule has 0 saturated carbocycles. The van der Waals surface area contributed by atoms with Gasteiger partial charge in [-0.1, -0.05) is 13.2 Å². The lowest BCUT2D eigenvalue weighted by Crippen LogP contribution is -2.42. The van der Waals surface area contributed by atoms with Gasteiger partial charge in [0.1, 0.15) is 10.8 Å². The summed E-state index contributed by atoms with van der Waals surface area (Å²) in [4.78, 5) is 47.8. The molecule has 0 aliphatic rings. The highest BCUT2D eigenvalue weighted by Gasteiger charge is 2.44. The molecular formula is C16H22O5. The van der Waals surface area contributed by atoms with Gasteiger partial charge in [-0.15, -0.1) is 0 Å². The molecule has 116 valence electrons. The van der Waals surface area contributed by atoms with Crippen molar-refractivity contribution in [1.82, 2.24) is 0 Å². The smallest absolute Gasteiger partial charge is 0.327 e. The van der Waals surface area contributed by atoms with Crippen molar-refractivity contribution in [2.45, 2.75) is 41.5 Å². The van der Waals surface area contributed by atoms with Crippen LogP contribution in [-0.2, 0) is 23.9 Å². The van der Waals surface area contributed by atoms with Crippen molar-refractivity contribution >= 4 is 23.5 Å². The highest BCUT2D eigenvalue weighted by Crippen LogP contribution is 2.27. The second-order valence-corrected chi connectivity index (χ2v) is 6.15. The summed E-state index contributed by atoms with van der Waals surface area (Å²) in [6, 6.07) is 0. The molecular weight excluding hydrogens is 272 g/mol. The number of Topliss-reactive ketones (excluding diaryl/α,β-unsaturated/α-hetero) is 2. The summed E-state index contributed by atoms with van der Waals surface area (Å²) in [7, 11) is 0. The van der Waals surface area contributed by atoms with E-state index in [4.69, 9.17) is 4.74 Å². The van der Waals surface area contributed by atoms with Crippen molar-refractivity contribution < 1.29 is 23.9 Å². The molecule has 0 saturated heterocycles. The highest BCUT2D eigenvalue weighted by molar-refractivity contribution is 6.16. The van der Waals surface area contributed by atoms with Crippen LogP contribution < -0.4 is 0 Å². The lowest BCUT2D eigenvalue weighted by molar-refractivity contribution is -0.173. The standard InChI is InChI=1S/C16H22O5/c1-9(2)11(17)15(5,6)13(19)21-14(20)16(7,8)12(18)10(3)4/h1,3H2,2,4-8H3. The van der Waals surface area contributed by atoms with Gasteiger partial charge < -0.3 is 4.74 Å². The first-order valence-electron chi connectivity index (χ1n) is 6.43. The number of hydrogen-bond donors (Lipinski definition) is 0. The molecule has 0 radical (unpaired) electrons. The highest BCUT2D eigenvalue weighted by atomic mass is 16.6. The minimum atomic E-state index is -1.54. The van der Waals surface area contributed by atoms with E-state index in [1.54, 1.807) is 0 Å². The van der Waals surface area contributed by atoms with Gasteiger partial charge in [-0.3, -0.25) is 19.2 Å². The minimum absolute atomic E-state index is 0.182. The van der Waals surface area contributed by atoms with Gasteiger partial charge in [0, 0.05) is 0 Å². The Hall–Kier alpha value is -2.04. The van der Waals surface area contributed by atoms with Gasteiger partial charge in [0.2, 0.25) is 0 Å². The molecule has 21 heavy (non-hydrogen) atoms. The molecule has 0 aromatic carbocycles. The maximum Gasteiger partial charge on any atom is 0.327 e. The van der Waals surface area contributed by atoms with Crippen molar-refractivity contribution in [3.63, 3.8) is 0 Å². The van der Waals surface area contributed by atoms with Crippen molar-refractivity contribution in [2.75, 3.05) is 0 Å². The summed E-state index contributed by atoms with van der Waals surface area (Å²) >= 11 is 0. The van der Waals surface area contributed by atoms with E-state index in [-0.39, 0.29) is 11.1 Å². The number of hydrogen-bond acceptors (Lipinski definition) is 5. The molecule has 0 atom stereocenters. The number of carbonyl (C=O) groups excluding carboxylic acids is 4. The van der Waals surface area contributed by atoms with E-state index in [0.29, 0.717) is 0 Å². The van der Waals surface area contributed by atoms with Crippen LogP contribution in [-0.4, -0.2) is 23.5 Å². The third-order valence-electron chi connectivity index (χ3n) is 3.12. The number of ether oxygens (including phenoxy) is 1. The predicted octanol–water partition coefficient (Wildman–Crippen LogP) is 2.40. The first kappa shape index (κ1) is 19.0. The second kappa shape index (κ2) is 6.16. The molecule has 0 aromatic rings. The Bertz CT molecular complexity index is 487. The average Bonchev–Trinajstić information content (AvgIpc) is 2.35. The summed E-state index contributed by atoms with van der Waals surface area (Å²) in [5.41, 5.74) is -2.71. The van der Waals surface area contributed by atoms with Crippen LogP contribution in [0.4, 0.5) is 0 Å². The van der Waals surface area contributed by atoms with Crippen LogP contribution in [0, 0.1) is 10.8 Å². The van der Waals surface area contributed by atoms with E-state index < -0.39 is 34.3 Å². The van der Waals surface area contributed by atoms with E-state index in [1.807, 2.05) is 0 Å². The van der Waals surface area contributed by atoms with E-state index in [1.165, 1.54) is 41.5 Å². The number of ketones is 2. The minimum Gasteiger partial charge on any atom is -0.392 e. The zero-order valence-corrected chi connectivity index (χ0v) is 13.5. The van der Waals surface area contributed by atoms with Crippen LogP contribution in [0.25, 0.3) is 0 Å². The molecule has 0 amide bonds. The normalized spacial score (nSPS) is 11.5. The Kier molecular flexibility index (Phi) is 5.56. The molecule has 0 unspecified atom stereocenters. The number of carbonyl (C=O) groups is 4. The third-order valence-corrected chi connectivity index (χ3v) is 3.12. The first-order chi connectivity index (χ1) is 9.26. The number of rotatable bonds is 6. The number of esters is 2. The Labute approximate surface area is 125 Å². The van der Waals surface area contributed by atoms with Gasteiger partial charge in [0.05, 0.1) is 0 Å². The third kappa shape index (κ3) is 3.97. The molecule has 0 fully saturated rings. The average molecular weight is 294 g/mol. The van der Waals surface area contributed by atoms with E-state index >= 15 is 0 Å². The van der Waals surface area contributed by atoms with Crippen LogP contribution in [0.3, 0.4) is 0 Å². The maximum absolute atomic E-state index is 12.0. The predicted molar refractivity (Wildman–Crippen MR) is 78.3 cm³/mol. The summed E-state index contributed by atoms with van der Waals surface area (Å²) in [5, 5.41) is 0. The molecule has 0 heterocycles. The fraction of sp³-hybridized carbons (Fsp3) is 0.500. The Morgan fingerprint density at radius 2 is 0.952 bits per heavy atom. The van der Waals surface area contributed by atoms with Crippen LogP contribution in [0.1, 0.15) is 41.5 Å². The second-order valence-electron chi connectivity index (χ2n) is 6.15. The van der Waals surface area contributed by atoms with Crippen LogP contribution >= 0.6 is 0 Å². The zero-order chi connectivity index (χ0) is 17.2. The summed E-state index contributed by atoms with van der Waals surface area (Å²) in [6.45, 7) is 15.2. The van der Waals surface area contributed by atoms with E-state index in [2.05, 4.69) is 13.2 Å². The molecule has 0 aromatic heterocycles. The molecule has 5 heteroatoms. The monoisotopic (exact) mass is 294 g/mol. The fourth-order valence-corrected chi connectivity index (χ4v) is 1.59.